The Bertz CT molecular complexity index is 2130. The fourth-order valence-corrected chi connectivity index (χ4v) is 6.73. The number of furan rings is 1. The van der Waals surface area contributed by atoms with Crippen LogP contribution in [0.4, 0.5) is 0 Å². The second-order valence-electron chi connectivity index (χ2n) is 11.5. The van der Waals surface area contributed by atoms with E-state index in [0.717, 1.165) is 56.6 Å². The summed E-state index contributed by atoms with van der Waals surface area (Å²) in [6.07, 6.45) is 11.6. The number of para-hydroxylation sites is 1. The van der Waals surface area contributed by atoms with Gasteiger partial charge in [0.2, 0.25) is 0 Å². The average molecular weight is 750 g/mol. The number of aromatic nitrogens is 3. The molecule has 7 aromatic rings. The molecule has 0 atom stereocenters. The fraction of sp³-hybridized carbons (Fsp3) is 0.179. The second kappa shape index (κ2) is 12.0. The molecule has 0 spiro atoms. The summed E-state index contributed by atoms with van der Waals surface area (Å²) in [4.78, 5) is 9.40. The number of imidazole rings is 1. The maximum Gasteiger partial charge on any atom is 0.120 e. The Balaban J connectivity index is 0.000000142. The summed E-state index contributed by atoms with van der Waals surface area (Å²) >= 11 is 0. The summed E-state index contributed by atoms with van der Waals surface area (Å²) in [5.41, 5.74) is 11.1. The number of fused-ring (bicyclic) bond motifs is 3. The average Bonchev–Trinajstić information content (AvgIpc) is 3.82. The Morgan fingerprint density at radius 1 is 0.886 bits per heavy atom. The Morgan fingerprint density at radius 2 is 1.75 bits per heavy atom. The van der Waals surface area contributed by atoms with Gasteiger partial charge in [0.05, 0.1) is 22.4 Å². The van der Waals surface area contributed by atoms with E-state index in [1.54, 1.807) is 0 Å². The van der Waals surface area contributed by atoms with Crippen LogP contribution < -0.4 is 0 Å². The van der Waals surface area contributed by atoms with Crippen LogP contribution in [0.2, 0.25) is 0 Å². The minimum absolute atomic E-state index is 0. The van der Waals surface area contributed by atoms with Crippen LogP contribution in [0.1, 0.15) is 48.3 Å². The van der Waals surface area contributed by atoms with E-state index in [1.165, 1.54) is 47.9 Å². The van der Waals surface area contributed by atoms with E-state index in [9.17, 15) is 0 Å². The quantitative estimate of drug-likeness (QED) is 0.169. The molecule has 0 amide bonds. The van der Waals surface area contributed by atoms with Crippen LogP contribution in [-0.4, -0.2) is 14.5 Å². The standard InChI is InChI=1S/C22H18NO.C17H13N2.Ir/c1-2-7-15(6-1)16-12-13-23-20(14-16)19-10-5-9-18-17-8-3-4-11-21(17)24-22(18)19;1-12-9-10-15-16-14(12)8-5-11-19(16)17(18-15)13-6-3-2-4-7-13;/h3-5,8-9,11-15H,1-2,6-7H2;2-6,8-10H,11H2,1H3;/q2*-1;. The summed E-state index contributed by atoms with van der Waals surface area (Å²) < 4.78 is 8.41. The molecular formula is C39H31IrN3O-2. The predicted octanol–water partition coefficient (Wildman–Crippen LogP) is 9.94. The molecule has 219 valence electrons. The van der Waals surface area contributed by atoms with E-state index < -0.39 is 0 Å². The molecule has 3 aromatic heterocycles. The van der Waals surface area contributed by atoms with Crippen LogP contribution in [-0.2, 0) is 26.7 Å². The first-order valence-corrected chi connectivity index (χ1v) is 15.2. The molecule has 0 unspecified atom stereocenters. The van der Waals surface area contributed by atoms with Crippen LogP contribution in [0.15, 0.2) is 102 Å². The van der Waals surface area contributed by atoms with Crippen LogP contribution in [0, 0.1) is 19.1 Å². The Hall–Kier alpha value is -4.31. The van der Waals surface area contributed by atoms with Gasteiger partial charge in [0.25, 0.3) is 0 Å². The second-order valence-corrected chi connectivity index (χ2v) is 11.5. The molecule has 1 aliphatic heterocycles. The number of aryl methyl sites for hydroxylation is 1. The topological polar surface area (TPSA) is 43.9 Å². The number of hydrogen-bond acceptors (Lipinski definition) is 3. The minimum atomic E-state index is 0. The molecular weight excluding hydrogens is 719 g/mol. The molecule has 2 aliphatic rings. The van der Waals surface area contributed by atoms with Crippen molar-refractivity contribution in [1.29, 1.82) is 0 Å². The first-order valence-electron chi connectivity index (χ1n) is 15.2. The van der Waals surface area contributed by atoms with Crippen molar-refractivity contribution in [3.63, 3.8) is 0 Å². The van der Waals surface area contributed by atoms with E-state index in [2.05, 4.69) is 83.2 Å². The van der Waals surface area contributed by atoms with Gasteiger partial charge in [-0.1, -0.05) is 71.8 Å². The summed E-state index contributed by atoms with van der Waals surface area (Å²) in [7, 11) is 0. The Kier molecular flexibility index (Phi) is 7.76. The molecule has 44 heavy (non-hydrogen) atoms. The maximum atomic E-state index is 6.13. The van der Waals surface area contributed by atoms with Crippen molar-refractivity contribution in [3.05, 3.63) is 126 Å². The van der Waals surface area contributed by atoms with Crippen LogP contribution in [0.25, 0.3) is 61.7 Å². The van der Waals surface area contributed by atoms with E-state index >= 15 is 0 Å². The molecule has 1 saturated carbocycles. The van der Waals surface area contributed by atoms with Gasteiger partial charge in [-0.05, 0) is 55.1 Å². The van der Waals surface area contributed by atoms with Crippen molar-refractivity contribution < 1.29 is 24.5 Å². The molecule has 0 N–H and O–H groups in total. The maximum absolute atomic E-state index is 6.13. The van der Waals surface area contributed by atoms with Gasteiger partial charge in [-0.15, -0.1) is 54.1 Å². The fourth-order valence-electron chi connectivity index (χ4n) is 6.73. The van der Waals surface area contributed by atoms with Crippen LogP contribution >= 0.6 is 0 Å². The molecule has 0 bridgehead atoms. The number of benzene rings is 4. The van der Waals surface area contributed by atoms with Crippen molar-refractivity contribution >= 4 is 39.0 Å². The molecule has 9 rings (SSSR count). The first-order chi connectivity index (χ1) is 21.2. The van der Waals surface area contributed by atoms with Crippen molar-refractivity contribution in [3.8, 4) is 22.6 Å². The van der Waals surface area contributed by atoms with E-state index in [0.29, 0.717) is 5.92 Å². The zero-order valence-electron chi connectivity index (χ0n) is 24.5. The van der Waals surface area contributed by atoms with Crippen molar-refractivity contribution in [2.75, 3.05) is 0 Å². The largest absolute Gasteiger partial charge is 0.501 e. The van der Waals surface area contributed by atoms with Crippen molar-refractivity contribution in [1.82, 2.24) is 14.5 Å². The first kappa shape index (κ1) is 28.5. The van der Waals surface area contributed by atoms with Crippen molar-refractivity contribution in [2.45, 2.75) is 45.1 Å². The molecule has 1 radical (unpaired) electrons. The van der Waals surface area contributed by atoms with E-state index in [-0.39, 0.29) is 20.1 Å². The molecule has 5 heteroatoms. The third kappa shape index (κ3) is 5.00. The Morgan fingerprint density at radius 3 is 2.61 bits per heavy atom. The summed E-state index contributed by atoms with van der Waals surface area (Å²) in [5, 5.41) is 2.28. The zero-order valence-corrected chi connectivity index (χ0v) is 26.9. The number of allylic oxidation sites excluding steroid dienone is 1. The van der Waals surface area contributed by atoms with Gasteiger partial charge in [0.1, 0.15) is 5.58 Å². The summed E-state index contributed by atoms with van der Waals surface area (Å²) in [6.45, 7) is 3.03. The van der Waals surface area contributed by atoms with Crippen LogP contribution in [0.5, 0.6) is 0 Å². The predicted molar refractivity (Wildman–Crippen MR) is 175 cm³/mol. The normalized spacial score (nSPS) is 14.1. The molecule has 4 aromatic carbocycles. The van der Waals surface area contributed by atoms with Crippen molar-refractivity contribution in [2.24, 2.45) is 0 Å². The summed E-state index contributed by atoms with van der Waals surface area (Å²) in [5.74, 6) is 1.69. The third-order valence-corrected chi connectivity index (χ3v) is 8.89. The molecule has 4 heterocycles. The van der Waals surface area contributed by atoms with Gasteiger partial charge in [-0.3, -0.25) is 4.98 Å². The molecule has 4 nitrogen and oxygen atoms in total. The number of rotatable bonds is 3. The number of hydrogen-bond donors (Lipinski definition) is 0. The number of pyridine rings is 1. The molecule has 1 aliphatic carbocycles. The third-order valence-electron chi connectivity index (χ3n) is 8.89. The molecule has 0 saturated heterocycles. The smallest absolute Gasteiger partial charge is 0.120 e. The van der Waals surface area contributed by atoms with Gasteiger partial charge in [0, 0.05) is 43.8 Å². The van der Waals surface area contributed by atoms with Gasteiger partial charge in [0.15, 0.2) is 0 Å². The van der Waals surface area contributed by atoms with E-state index in [1.807, 2.05) is 48.7 Å². The van der Waals surface area contributed by atoms with Gasteiger partial charge >= 0.3 is 0 Å². The minimum Gasteiger partial charge on any atom is -0.501 e. The zero-order chi connectivity index (χ0) is 28.8. The van der Waals surface area contributed by atoms with Gasteiger partial charge in [-0.2, -0.15) is 0 Å². The van der Waals surface area contributed by atoms with E-state index in [4.69, 9.17) is 9.40 Å². The van der Waals surface area contributed by atoms with Gasteiger partial charge < -0.3 is 14.0 Å². The summed E-state index contributed by atoms with van der Waals surface area (Å²) in [6, 6.07) is 35.5. The number of nitrogens with zero attached hydrogens (tertiary/aromatic N) is 3. The SMILES string of the molecule is Cc1ccc2nc(-c3[c-]cccc3)n3c2c1C=CC3.[Ir].[c-]1ccc2c(oc3ccccc32)c1-c1cc(C2CCCC2)ccn1. The van der Waals surface area contributed by atoms with Gasteiger partial charge in [-0.25, -0.2) is 0 Å². The van der Waals surface area contributed by atoms with Crippen LogP contribution in [0.3, 0.4) is 0 Å². The Labute approximate surface area is 270 Å². The monoisotopic (exact) mass is 750 g/mol. The molecule has 1 fully saturated rings.